The summed E-state index contributed by atoms with van der Waals surface area (Å²) >= 11 is 0. The molecule has 2 amide bonds. The van der Waals surface area contributed by atoms with Crippen molar-refractivity contribution in [2.45, 2.75) is 39.7 Å². The molecule has 1 aliphatic heterocycles. The second kappa shape index (κ2) is 5.37. The molecule has 1 aromatic heterocycles. The summed E-state index contributed by atoms with van der Waals surface area (Å²) in [6.45, 7) is 8.99. The molecular formula is C16H24N2O3. The Labute approximate surface area is 125 Å². The van der Waals surface area contributed by atoms with Gasteiger partial charge in [-0.25, -0.2) is 4.79 Å². The smallest absolute Gasteiger partial charge is 0.318 e. The Hall–Kier alpha value is -1.49. The van der Waals surface area contributed by atoms with Gasteiger partial charge in [-0.15, -0.1) is 0 Å². The van der Waals surface area contributed by atoms with Crippen LogP contribution >= 0.6 is 0 Å². The number of amides is 2. The third kappa shape index (κ3) is 3.07. The predicted molar refractivity (Wildman–Crippen MR) is 79.2 cm³/mol. The zero-order valence-electron chi connectivity index (χ0n) is 13.1. The van der Waals surface area contributed by atoms with E-state index >= 15 is 0 Å². The van der Waals surface area contributed by atoms with Crippen molar-refractivity contribution in [2.75, 3.05) is 26.3 Å². The molecule has 0 radical (unpaired) electrons. The number of hydrogen-bond donors (Lipinski definition) is 1. The van der Waals surface area contributed by atoms with E-state index in [9.17, 15) is 4.79 Å². The van der Waals surface area contributed by atoms with Gasteiger partial charge in [0.25, 0.3) is 0 Å². The number of carbonyl (C=O) groups is 1. The van der Waals surface area contributed by atoms with Crippen molar-refractivity contribution in [3.05, 3.63) is 23.2 Å². The van der Waals surface area contributed by atoms with Crippen LogP contribution in [-0.2, 0) is 11.2 Å². The molecule has 2 aliphatic rings. The van der Waals surface area contributed by atoms with Gasteiger partial charge in [-0.3, -0.25) is 0 Å². The lowest BCUT2D eigenvalue weighted by Gasteiger charge is -2.36. The molecule has 1 aromatic rings. The zero-order valence-corrected chi connectivity index (χ0v) is 13.1. The number of furan rings is 1. The molecule has 1 fully saturated rings. The van der Waals surface area contributed by atoms with Gasteiger partial charge in [0.05, 0.1) is 19.3 Å². The molecule has 21 heavy (non-hydrogen) atoms. The fraction of sp³-hybridized carbons (Fsp3) is 0.688. The Bertz CT molecular complexity index is 530. The van der Waals surface area contributed by atoms with E-state index in [-0.39, 0.29) is 17.5 Å². The van der Waals surface area contributed by atoms with Crippen LogP contribution in [0.1, 0.15) is 43.4 Å². The van der Waals surface area contributed by atoms with Crippen LogP contribution in [-0.4, -0.2) is 37.2 Å². The standard InChI is InChI=1S/C16H24N2O3/c1-11-8-12-13(9-16(2,3)10-14(12)21-11)17-15(19)18-4-6-20-7-5-18/h8,13H,4-7,9-10H2,1-3H3,(H,17,19)/t13-/m1/s1. The van der Waals surface area contributed by atoms with Gasteiger partial charge in [0.2, 0.25) is 0 Å². The number of aryl methyl sites for hydroxylation is 1. The summed E-state index contributed by atoms with van der Waals surface area (Å²) in [5, 5.41) is 3.19. The third-order valence-electron chi connectivity index (χ3n) is 4.33. The Morgan fingerprint density at radius 3 is 2.81 bits per heavy atom. The lowest BCUT2D eigenvalue weighted by molar-refractivity contribution is 0.0518. The summed E-state index contributed by atoms with van der Waals surface area (Å²) < 4.78 is 11.1. The first-order valence-electron chi connectivity index (χ1n) is 7.67. The van der Waals surface area contributed by atoms with Crippen LogP contribution in [0.25, 0.3) is 0 Å². The normalized spacial score (nSPS) is 24.5. The van der Waals surface area contributed by atoms with Crippen LogP contribution in [0.2, 0.25) is 0 Å². The summed E-state index contributed by atoms with van der Waals surface area (Å²) in [4.78, 5) is 14.3. The number of hydrogen-bond acceptors (Lipinski definition) is 3. The minimum Gasteiger partial charge on any atom is -0.466 e. The minimum atomic E-state index is 0.00537. The number of morpholine rings is 1. The van der Waals surface area contributed by atoms with Crippen LogP contribution in [0.5, 0.6) is 0 Å². The lowest BCUT2D eigenvalue weighted by Crippen LogP contribution is -2.48. The summed E-state index contributed by atoms with van der Waals surface area (Å²) in [5.41, 5.74) is 1.29. The molecule has 0 spiro atoms. The SMILES string of the molecule is Cc1cc2c(o1)CC(C)(C)C[C@H]2NC(=O)N1CCOCC1. The van der Waals surface area contributed by atoms with E-state index in [0.29, 0.717) is 26.3 Å². The number of ether oxygens (including phenoxy) is 1. The summed E-state index contributed by atoms with van der Waals surface area (Å²) in [6.07, 6.45) is 1.87. The summed E-state index contributed by atoms with van der Waals surface area (Å²) in [6, 6.07) is 2.11. The maximum atomic E-state index is 12.4. The van der Waals surface area contributed by atoms with Gasteiger partial charge in [-0.1, -0.05) is 13.8 Å². The number of carbonyl (C=O) groups excluding carboxylic acids is 1. The summed E-state index contributed by atoms with van der Waals surface area (Å²) in [7, 11) is 0. The van der Waals surface area contributed by atoms with Crippen molar-refractivity contribution in [3.8, 4) is 0 Å². The van der Waals surface area contributed by atoms with Gasteiger partial charge < -0.3 is 19.4 Å². The molecule has 0 saturated carbocycles. The average molecular weight is 292 g/mol. The monoisotopic (exact) mass is 292 g/mol. The fourth-order valence-electron chi connectivity index (χ4n) is 3.32. The number of fused-ring (bicyclic) bond motifs is 1. The van der Waals surface area contributed by atoms with Crippen molar-refractivity contribution in [1.29, 1.82) is 0 Å². The van der Waals surface area contributed by atoms with E-state index in [1.165, 1.54) is 0 Å². The Balaban J connectivity index is 1.76. The second-order valence-electron chi connectivity index (χ2n) is 6.88. The van der Waals surface area contributed by atoms with Crippen molar-refractivity contribution in [2.24, 2.45) is 5.41 Å². The molecule has 3 rings (SSSR count). The van der Waals surface area contributed by atoms with E-state index in [4.69, 9.17) is 9.15 Å². The molecule has 5 nitrogen and oxygen atoms in total. The molecule has 1 saturated heterocycles. The first-order valence-corrected chi connectivity index (χ1v) is 7.67. The molecule has 1 aliphatic carbocycles. The van der Waals surface area contributed by atoms with Crippen molar-refractivity contribution in [3.63, 3.8) is 0 Å². The van der Waals surface area contributed by atoms with Crippen LogP contribution in [0.3, 0.4) is 0 Å². The Kier molecular flexibility index (Phi) is 3.69. The van der Waals surface area contributed by atoms with E-state index in [1.807, 2.05) is 11.8 Å². The Morgan fingerprint density at radius 2 is 2.10 bits per heavy atom. The second-order valence-corrected chi connectivity index (χ2v) is 6.88. The quantitative estimate of drug-likeness (QED) is 0.865. The van der Waals surface area contributed by atoms with Gasteiger partial charge in [0.1, 0.15) is 11.5 Å². The maximum Gasteiger partial charge on any atom is 0.318 e. The van der Waals surface area contributed by atoms with Gasteiger partial charge in [-0.05, 0) is 24.8 Å². The highest BCUT2D eigenvalue weighted by Crippen LogP contribution is 2.42. The van der Waals surface area contributed by atoms with E-state index in [2.05, 4.69) is 25.2 Å². The molecule has 0 unspecified atom stereocenters. The van der Waals surface area contributed by atoms with Crippen LogP contribution in [0, 0.1) is 12.3 Å². The number of nitrogens with one attached hydrogen (secondary N) is 1. The van der Waals surface area contributed by atoms with Gasteiger partial charge in [-0.2, -0.15) is 0 Å². The molecule has 116 valence electrons. The minimum absolute atomic E-state index is 0.00537. The zero-order chi connectivity index (χ0) is 15.0. The van der Waals surface area contributed by atoms with Crippen molar-refractivity contribution < 1.29 is 13.9 Å². The molecule has 1 N–H and O–H groups in total. The van der Waals surface area contributed by atoms with Gasteiger partial charge in [0.15, 0.2) is 0 Å². The van der Waals surface area contributed by atoms with Crippen molar-refractivity contribution >= 4 is 6.03 Å². The number of nitrogens with zero attached hydrogens (tertiary/aromatic N) is 1. The largest absolute Gasteiger partial charge is 0.466 e. The van der Waals surface area contributed by atoms with E-state index < -0.39 is 0 Å². The molecule has 0 aromatic carbocycles. The highest BCUT2D eigenvalue weighted by Gasteiger charge is 2.36. The molecule has 5 heteroatoms. The van der Waals surface area contributed by atoms with Crippen molar-refractivity contribution in [1.82, 2.24) is 10.2 Å². The molecule has 0 bridgehead atoms. The van der Waals surface area contributed by atoms with Crippen LogP contribution in [0.4, 0.5) is 4.79 Å². The van der Waals surface area contributed by atoms with E-state index in [0.717, 1.165) is 29.9 Å². The van der Waals surface area contributed by atoms with Crippen LogP contribution < -0.4 is 5.32 Å². The first-order chi connectivity index (χ1) is 9.94. The predicted octanol–water partition coefficient (Wildman–Crippen LogP) is 2.64. The molecular weight excluding hydrogens is 268 g/mol. The third-order valence-corrected chi connectivity index (χ3v) is 4.33. The fourth-order valence-corrected chi connectivity index (χ4v) is 3.32. The van der Waals surface area contributed by atoms with Gasteiger partial charge in [0, 0.05) is 25.1 Å². The molecule has 1 atom stereocenters. The maximum absolute atomic E-state index is 12.4. The number of rotatable bonds is 1. The van der Waals surface area contributed by atoms with Crippen LogP contribution in [0.15, 0.2) is 10.5 Å². The topological polar surface area (TPSA) is 54.7 Å². The number of urea groups is 1. The van der Waals surface area contributed by atoms with Gasteiger partial charge >= 0.3 is 6.03 Å². The molecule has 2 heterocycles. The Morgan fingerprint density at radius 1 is 1.38 bits per heavy atom. The first kappa shape index (κ1) is 14.4. The van der Waals surface area contributed by atoms with E-state index in [1.54, 1.807) is 0 Å². The average Bonchev–Trinajstić information content (AvgIpc) is 2.78. The lowest BCUT2D eigenvalue weighted by atomic mass is 9.75. The summed E-state index contributed by atoms with van der Waals surface area (Å²) in [5.74, 6) is 1.94. The highest BCUT2D eigenvalue weighted by molar-refractivity contribution is 5.75. The highest BCUT2D eigenvalue weighted by atomic mass is 16.5.